The van der Waals surface area contributed by atoms with Crippen LogP contribution in [0.3, 0.4) is 0 Å². The molecule has 3 nitrogen and oxygen atoms in total. The predicted molar refractivity (Wildman–Crippen MR) is 74.5 cm³/mol. The van der Waals surface area contributed by atoms with Gasteiger partial charge in [0.15, 0.2) is 0 Å². The molecule has 2 aromatic heterocycles. The molecule has 3 rings (SSSR count). The molecule has 2 heterocycles. The molecule has 0 aliphatic rings. The van der Waals surface area contributed by atoms with Gasteiger partial charge in [0.1, 0.15) is 0 Å². The molecule has 0 N–H and O–H groups in total. The number of hydrogen-bond donors (Lipinski definition) is 0. The predicted octanol–water partition coefficient (Wildman–Crippen LogP) is 3.70. The molecule has 88 valence electrons. The SMILES string of the molecule is Brc1ccc(-c2ccnn2-c2cccnc2)cc1. The Morgan fingerprint density at radius 2 is 1.78 bits per heavy atom. The van der Waals surface area contributed by atoms with Gasteiger partial charge < -0.3 is 0 Å². The Balaban J connectivity index is 2.10. The van der Waals surface area contributed by atoms with E-state index in [0.717, 1.165) is 21.4 Å². The number of benzene rings is 1. The normalized spacial score (nSPS) is 10.5. The zero-order valence-electron chi connectivity index (χ0n) is 9.49. The van der Waals surface area contributed by atoms with Crippen LogP contribution in [0.1, 0.15) is 0 Å². The summed E-state index contributed by atoms with van der Waals surface area (Å²) in [6.07, 6.45) is 5.35. The van der Waals surface area contributed by atoms with E-state index in [2.05, 4.69) is 38.1 Å². The summed E-state index contributed by atoms with van der Waals surface area (Å²) >= 11 is 3.44. The summed E-state index contributed by atoms with van der Waals surface area (Å²) in [6.45, 7) is 0. The van der Waals surface area contributed by atoms with Gasteiger partial charge in [-0.05, 0) is 30.3 Å². The Morgan fingerprint density at radius 3 is 2.50 bits per heavy atom. The molecule has 0 aliphatic heterocycles. The first-order valence-electron chi connectivity index (χ1n) is 5.55. The zero-order valence-corrected chi connectivity index (χ0v) is 11.1. The van der Waals surface area contributed by atoms with Crippen molar-refractivity contribution in [1.29, 1.82) is 0 Å². The fourth-order valence-corrected chi connectivity index (χ4v) is 2.09. The fourth-order valence-electron chi connectivity index (χ4n) is 1.83. The number of aromatic nitrogens is 3. The lowest BCUT2D eigenvalue weighted by atomic mass is 10.1. The average molecular weight is 300 g/mol. The molecule has 0 aliphatic carbocycles. The van der Waals surface area contributed by atoms with Gasteiger partial charge in [-0.25, -0.2) is 4.68 Å². The minimum absolute atomic E-state index is 0.959. The molecular weight excluding hydrogens is 290 g/mol. The van der Waals surface area contributed by atoms with Crippen LogP contribution in [-0.4, -0.2) is 14.8 Å². The third kappa shape index (κ3) is 2.07. The van der Waals surface area contributed by atoms with E-state index in [4.69, 9.17) is 0 Å². The van der Waals surface area contributed by atoms with Crippen LogP contribution in [0.5, 0.6) is 0 Å². The van der Waals surface area contributed by atoms with Crippen molar-refractivity contribution in [2.45, 2.75) is 0 Å². The number of halogens is 1. The van der Waals surface area contributed by atoms with E-state index in [1.807, 2.05) is 35.0 Å². The van der Waals surface area contributed by atoms with E-state index in [-0.39, 0.29) is 0 Å². The van der Waals surface area contributed by atoms with Crippen molar-refractivity contribution in [3.63, 3.8) is 0 Å². The van der Waals surface area contributed by atoms with Gasteiger partial charge in [-0.1, -0.05) is 28.1 Å². The second-order valence-electron chi connectivity index (χ2n) is 3.85. The van der Waals surface area contributed by atoms with Crippen molar-refractivity contribution in [2.24, 2.45) is 0 Å². The summed E-state index contributed by atoms with van der Waals surface area (Å²) in [5, 5.41) is 4.35. The fraction of sp³-hybridized carbons (Fsp3) is 0. The molecule has 0 fully saturated rings. The number of nitrogens with zero attached hydrogens (tertiary/aromatic N) is 3. The van der Waals surface area contributed by atoms with Crippen molar-refractivity contribution in [1.82, 2.24) is 14.8 Å². The number of rotatable bonds is 2. The second-order valence-corrected chi connectivity index (χ2v) is 4.76. The van der Waals surface area contributed by atoms with Crippen molar-refractivity contribution in [2.75, 3.05) is 0 Å². The highest BCUT2D eigenvalue weighted by Crippen LogP contribution is 2.23. The van der Waals surface area contributed by atoms with Gasteiger partial charge in [0.25, 0.3) is 0 Å². The monoisotopic (exact) mass is 299 g/mol. The Hall–Kier alpha value is -1.94. The van der Waals surface area contributed by atoms with Crippen LogP contribution in [0.2, 0.25) is 0 Å². The first-order chi connectivity index (χ1) is 8.84. The van der Waals surface area contributed by atoms with Crippen molar-refractivity contribution >= 4 is 15.9 Å². The molecule has 0 saturated heterocycles. The smallest absolute Gasteiger partial charge is 0.0836 e. The topological polar surface area (TPSA) is 30.7 Å². The molecule has 18 heavy (non-hydrogen) atoms. The minimum atomic E-state index is 0.959. The van der Waals surface area contributed by atoms with E-state index < -0.39 is 0 Å². The average Bonchev–Trinajstić information content (AvgIpc) is 2.90. The van der Waals surface area contributed by atoms with Gasteiger partial charge in [-0.3, -0.25) is 4.98 Å². The van der Waals surface area contributed by atoms with E-state index in [1.165, 1.54) is 0 Å². The van der Waals surface area contributed by atoms with Gasteiger partial charge in [-0.15, -0.1) is 0 Å². The Morgan fingerprint density at radius 1 is 0.944 bits per heavy atom. The van der Waals surface area contributed by atoms with Crippen LogP contribution >= 0.6 is 15.9 Å². The van der Waals surface area contributed by atoms with E-state index >= 15 is 0 Å². The van der Waals surface area contributed by atoms with E-state index in [1.54, 1.807) is 18.6 Å². The molecule has 0 bridgehead atoms. The molecule has 3 aromatic rings. The maximum absolute atomic E-state index is 4.35. The number of hydrogen-bond acceptors (Lipinski definition) is 2. The molecule has 0 spiro atoms. The van der Waals surface area contributed by atoms with Gasteiger partial charge >= 0.3 is 0 Å². The molecule has 1 aromatic carbocycles. The van der Waals surface area contributed by atoms with Gasteiger partial charge in [-0.2, -0.15) is 5.10 Å². The highest BCUT2D eigenvalue weighted by atomic mass is 79.9. The lowest BCUT2D eigenvalue weighted by Gasteiger charge is -2.07. The third-order valence-corrected chi connectivity index (χ3v) is 3.20. The van der Waals surface area contributed by atoms with Crippen LogP contribution in [-0.2, 0) is 0 Å². The van der Waals surface area contributed by atoms with Crippen molar-refractivity contribution < 1.29 is 0 Å². The third-order valence-electron chi connectivity index (χ3n) is 2.67. The summed E-state index contributed by atoms with van der Waals surface area (Å²) in [6, 6.07) is 14.1. The van der Waals surface area contributed by atoms with Crippen LogP contribution < -0.4 is 0 Å². The van der Waals surface area contributed by atoms with E-state index in [0.29, 0.717) is 0 Å². The molecule has 0 unspecified atom stereocenters. The molecule has 0 amide bonds. The quantitative estimate of drug-likeness (QED) is 0.722. The van der Waals surface area contributed by atoms with Crippen LogP contribution in [0.4, 0.5) is 0 Å². The second kappa shape index (κ2) is 4.74. The summed E-state index contributed by atoms with van der Waals surface area (Å²) in [4.78, 5) is 4.12. The first-order valence-corrected chi connectivity index (χ1v) is 6.34. The largest absolute Gasteiger partial charge is 0.262 e. The summed E-state index contributed by atoms with van der Waals surface area (Å²) in [7, 11) is 0. The zero-order chi connectivity index (χ0) is 12.4. The Bertz CT molecular complexity index is 644. The summed E-state index contributed by atoms with van der Waals surface area (Å²) < 4.78 is 2.95. The standard InChI is InChI=1S/C14H10BrN3/c15-12-5-3-11(4-6-12)14-7-9-17-18(14)13-2-1-8-16-10-13/h1-10H. The molecule has 4 heteroatoms. The van der Waals surface area contributed by atoms with Crippen LogP contribution in [0.25, 0.3) is 16.9 Å². The molecule has 0 atom stereocenters. The molecule has 0 radical (unpaired) electrons. The summed E-state index contributed by atoms with van der Waals surface area (Å²) in [5.74, 6) is 0. The van der Waals surface area contributed by atoms with E-state index in [9.17, 15) is 0 Å². The van der Waals surface area contributed by atoms with Crippen molar-refractivity contribution in [3.8, 4) is 16.9 Å². The first kappa shape index (κ1) is 11.2. The molecule has 0 saturated carbocycles. The minimum Gasteiger partial charge on any atom is -0.262 e. The maximum Gasteiger partial charge on any atom is 0.0836 e. The highest BCUT2D eigenvalue weighted by Gasteiger charge is 2.06. The van der Waals surface area contributed by atoms with Gasteiger partial charge in [0.05, 0.1) is 23.8 Å². The van der Waals surface area contributed by atoms with Crippen LogP contribution in [0, 0.1) is 0 Å². The van der Waals surface area contributed by atoms with Gasteiger partial charge in [0.2, 0.25) is 0 Å². The maximum atomic E-state index is 4.35. The lowest BCUT2D eigenvalue weighted by Crippen LogP contribution is -1.98. The van der Waals surface area contributed by atoms with Crippen molar-refractivity contribution in [3.05, 3.63) is 65.5 Å². The van der Waals surface area contributed by atoms with Gasteiger partial charge in [0, 0.05) is 16.2 Å². The highest BCUT2D eigenvalue weighted by molar-refractivity contribution is 9.10. The summed E-state index contributed by atoms with van der Waals surface area (Å²) in [5.41, 5.74) is 3.13. The lowest BCUT2D eigenvalue weighted by molar-refractivity contribution is 0.881. The molecular formula is C14H10BrN3. The van der Waals surface area contributed by atoms with Crippen LogP contribution in [0.15, 0.2) is 65.5 Å². The number of pyridine rings is 1. The Labute approximate surface area is 113 Å². The Kier molecular flexibility index (Phi) is 2.94.